The highest BCUT2D eigenvalue weighted by molar-refractivity contribution is 7.53. The van der Waals surface area contributed by atoms with E-state index < -0.39 is 7.68 Å². The summed E-state index contributed by atoms with van der Waals surface area (Å²) in [7, 11) is -3.75. The highest BCUT2D eigenvalue weighted by Gasteiger charge is 2.21. The van der Waals surface area contributed by atoms with Gasteiger partial charge in [-0.2, -0.15) is 4.20 Å². The largest absolute Gasteiger partial charge is 0.367 e. The molecule has 0 aromatic rings. The van der Waals surface area contributed by atoms with Crippen molar-refractivity contribution in [2.24, 2.45) is 0 Å². The Labute approximate surface area is 61.3 Å². The zero-order chi connectivity index (χ0) is 8.20. The zero-order valence-electron chi connectivity index (χ0n) is 6.63. The summed E-state index contributed by atoms with van der Waals surface area (Å²) < 4.78 is 28.0. The molecule has 0 aromatic carbocycles. The molecule has 0 aromatic heterocycles. The van der Waals surface area contributed by atoms with Crippen LogP contribution in [0.2, 0.25) is 0 Å². The molecule has 0 spiro atoms. The standard InChI is InChI=1S/C6H14FO2P/c1-4-5-10(7,8)9-6(2)3/h6H,4-5H2,1-3H3. The minimum atomic E-state index is -3.75. The molecular formula is C6H14FO2P. The maximum Gasteiger partial charge on any atom is 0.367 e. The Morgan fingerprint density at radius 2 is 2.10 bits per heavy atom. The van der Waals surface area contributed by atoms with Crippen LogP contribution in [0, 0.1) is 0 Å². The van der Waals surface area contributed by atoms with Gasteiger partial charge in [0.2, 0.25) is 0 Å². The summed E-state index contributed by atoms with van der Waals surface area (Å²) in [6.45, 7) is 5.11. The molecule has 1 atom stereocenters. The van der Waals surface area contributed by atoms with Crippen molar-refractivity contribution in [3.05, 3.63) is 0 Å². The number of rotatable bonds is 4. The van der Waals surface area contributed by atoms with Crippen molar-refractivity contribution in [3.8, 4) is 0 Å². The maximum absolute atomic E-state index is 12.7. The van der Waals surface area contributed by atoms with E-state index in [1.54, 1.807) is 20.8 Å². The average molecular weight is 168 g/mol. The van der Waals surface area contributed by atoms with Crippen LogP contribution in [-0.2, 0) is 9.09 Å². The molecular weight excluding hydrogens is 154 g/mol. The summed E-state index contributed by atoms with van der Waals surface area (Å²) >= 11 is 0. The molecule has 0 aliphatic heterocycles. The van der Waals surface area contributed by atoms with Gasteiger partial charge in [0.25, 0.3) is 0 Å². The SMILES string of the molecule is CCCP(=O)(F)OC(C)C. The summed E-state index contributed by atoms with van der Waals surface area (Å²) in [4.78, 5) is 0. The molecule has 0 N–H and O–H groups in total. The molecule has 0 saturated carbocycles. The molecule has 0 fully saturated rings. The monoisotopic (exact) mass is 168 g/mol. The predicted octanol–water partition coefficient (Wildman–Crippen LogP) is 2.98. The molecule has 0 amide bonds. The summed E-state index contributed by atoms with van der Waals surface area (Å²) in [6, 6.07) is 0. The fourth-order valence-corrected chi connectivity index (χ4v) is 1.90. The van der Waals surface area contributed by atoms with E-state index in [4.69, 9.17) is 0 Å². The van der Waals surface area contributed by atoms with Crippen LogP contribution in [0.3, 0.4) is 0 Å². The van der Waals surface area contributed by atoms with Gasteiger partial charge < -0.3 is 4.52 Å². The van der Waals surface area contributed by atoms with Crippen molar-refractivity contribution >= 4 is 7.68 Å². The lowest BCUT2D eigenvalue weighted by Gasteiger charge is -2.10. The molecule has 0 aliphatic rings. The molecule has 0 heterocycles. The Morgan fingerprint density at radius 1 is 1.60 bits per heavy atom. The van der Waals surface area contributed by atoms with E-state index in [0.29, 0.717) is 6.42 Å². The quantitative estimate of drug-likeness (QED) is 0.603. The van der Waals surface area contributed by atoms with E-state index in [1.807, 2.05) is 0 Å². The number of hydrogen-bond acceptors (Lipinski definition) is 2. The zero-order valence-corrected chi connectivity index (χ0v) is 7.53. The van der Waals surface area contributed by atoms with E-state index in [0.717, 1.165) is 0 Å². The van der Waals surface area contributed by atoms with Crippen LogP contribution >= 0.6 is 7.68 Å². The van der Waals surface area contributed by atoms with Crippen LogP contribution in [0.1, 0.15) is 27.2 Å². The molecule has 0 saturated heterocycles. The Bertz CT molecular complexity index is 136. The average Bonchev–Trinajstić information content (AvgIpc) is 1.59. The van der Waals surface area contributed by atoms with Gasteiger partial charge in [-0.1, -0.05) is 6.92 Å². The molecule has 10 heavy (non-hydrogen) atoms. The van der Waals surface area contributed by atoms with Gasteiger partial charge in [0.05, 0.1) is 12.3 Å². The molecule has 0 aliphatic carbocycles. The second-order valence-electron chi connectivity index (χ2n) is 2.47. The van der Waals surface area contributed by atoms with Gasteiger partial charge in [0.1, 0.15) is 0 Å². The van der Waals surface area contributed by atoms with Gasteiger partial charge in [-0.25, -0.2) is 0 Å². The van der Waals surface area contributed by atoms with Crippen molar-refractivity contribution in [3.63, 3.8) is 0 Å². The van der Waals surface area contributed by atoms with E-state index >= 15 is 0 Å². The molecule has 2 nitrogen and oxygen atoms in total. The Kier molecular flexibility index (Phi) is 4.14. The van der Waals surface area contributed by atoms with E-state index in [9.17, 15) is 8.76 Å². The van der Waals surface area contributed by atoms with Gasteiger partial charge in [0.15, 0.2) is 0 Å². The minimum Gasteiger partial charge on any atom is -0.303 e. The van der Waals surface area contributed by atoms with Crippen LogP contribution in [0.25, 0.3) is 0 Å². The molecule has 0 radical (unpaired) electrons. The number of halogens is 1. The van der Waals surface area contributed by atoms with Gasteiger partial charge in [-0.3, -0.25) is 4.57 Å². The van der Waals surface area contributed by atoms with Crippen molar-refractivity contribution in [2.45, 2.75) is 33.3 Å². The summed E-state index contributed by atoms with van der Waals surface area (Å²) in [5, 5.41) is 0. The van der Waals surface area contributed by atoms with Crippen LogP contribution in [0.4, 0.5) is 4.20 Å². The van der Waals surface area contributed by atoms with Gasteiger partial charge in [-0.15, -0.1) is 0 Å². The maximum atomic E-state index is 12.7. The third kappa shape index (κ3) is 4.95. The summed E-state index contributed by atoms with van der Waals surface area (Å²) in [5.74, 6) is 0. The smallest absolute Gasteiger partial charge is 0.303 e. The van der Waals surface area contributed by atoms with Crippen LogP contribution in [0.15, 0.2) is 0 Å². The molecule has 4 heteroatoms. The van der Waals surface area contributed by atoms with Gasteiger partial charge in [0, 0.05) is 0 Å². The fourth-order valence-electron chi connectivity index (χ4n) is 0.635. The minimum absolute atomic E-state index is 0.0329. The first kappa shape index (κ1) is 10.1. The van der Waals surface area contributed by atoms with Crippen LogP contribution < -0.4 is 0 Å². The number of hydrogen-bond donors (Lipinski definition) is 0. The van der Waals surface area contributed by atoms with E-state index in [1.165, 1.54) is 0 Å². The first-order chi connectivity index (χ1) is 4.48. The van der Waals surface area contributed by atoms with Crippen molar-refractivity contribution in [1.82, 2.24) is 0 Å². The van der Waals surface area contributed by atoms with Crippen LogP contribution in [0.5, 0.6) is 0 Å². The third-order valence-electron chi connectivity index (χ3n) is 0.859. The Morgan fingerprint density at radius 3 is 2.40 bits per heavy atom. The molecule has 0 bridgehead atoms. The Balaban J connectivity index is 3.75. The van der Waals surface area contributed by atoms with Gasteiger partial charge in [-0.05, 0) is 20.3 Å². The fraction of sp³-hybridized carbons (Fsp3) is 1.00. The van der Waals surface area contributed by atoms with Crippen LogP contribution in [-0.4, -0.2) is 12.3 Å². The second-order valence-corrected chi connectivity index (χ2v) is 4.31. The summed E-state index contributed by atoms with van der Waals surface area (Å²) in [5.41, 5.74) is 0. The highest BCUT2D eigenvalue weighted by atomic mass is 31.2. The lowest BCUT2D eigenvalue weighted by molar-refractivity contribution is 0.223. The first-order valence-electron chi connectivity index (χ1n) is 3.45. The lowest BCUT2D eigenvalue weighted by atomic mass is 10.5. The van der Waals surface area contributed by atoms with E-state index in [-0.39, 0.29) is 12.3 Å². The molecule has 0 rings (SSSR count). The topological polar surface area (TPSA) is 26.3 Å². The van der Waals surface area contributed by atoms with Crippen molar-refractivity contribution < 1.29 is 13.3 Å². The Hall–Kier alpha value is 0.120. The summed E-state index contributed by atoms with van der Waals surface area (Å²) in [6.07, 6.45) is 0.300. The van der Waals surface area contributed by atoms with E-state index in [2.05, 4.69) is 4.52 Å². The molecule has 1 unspecified atom stereocenters. The van der Waals surface area contributed by atoms with Crippen molar-refractivity contribution in [1.29, 1.82) is 0 Å². The predicted molar refractivity (Wildman–Crippen MR) is 40.1 cm³/mol. The van der Waals surface area contributed by atoms with Crippen molar-refractivity contribution in [2.75, 3.05) is 6.16 Å². The second kappa shape index (κ2) is 4.09. The normalized spacial score (nSPS) is 17.3. The molecule has 62 valence electrons. The van der Waals surface area contributed by atoms with Gasteiger partial charge >= 0.3 is 7.68 Å². The lowest BCUT2D eigenvalue weighted by Crippen LogP contribution is -1.99. The highest BCUT2D eigenvalue weighted by Crippen LogP contribution is 2.49. The first-order valence-corrected chi connectivity index (χ1v) is 5.15. The third-order valence-corrected chi connectivity index (χ3v) is 2.58.